The number of unbranched alkanes of at least 4 members (excludes halogenated alkanes) is 8. The molecule has 118 valence electrons. The van der Waals surface area contributed by atoms with Crippen molar-refractivity contribution in [2.45, 2.75) is 109 Å². The van der Waals surface area contributed by atoms with Crippen LogP contribution in [0, 0.1) is 0 Å². The highest BCUT2D eigenvalue weighted by Gasteiger charge is 2.22. The maximum atomic E-state index is 3.85. The Labute approximate surface area is 127 Å². The van der Waals surface area contributed by atoms with E-state index in [1.807, 2.05) is 6.08 Å². The van der Waals surface area contributed by atoms with Crippen LogP contribution in [0.1, 0.15) is 96.8 Å². The van der Waals surface area contributed by atoms with Crippen molar-refractivity contribution < 1.29 is 0 Å². The van der Waals surface area contributed by atoms with Crippen LogP contribution >= 0.6 is 0 Å². The highest BCUT2D eigenvalue weighted by atomic mass is 15.0. The average Bonchev–Trinajstić information content (AvgIpc) is 2.90. The average molecular weight is 280 g/mol. The van der Waals surface area contributed by atoms with Gasteiger partial charge in [0, 0.05) is 12.1 Å². The molecule has 1 aliphatic heterocycles. The molecule has 0 saturated carbocycles. The molecule has 20 heavy (non-hydrogen) atoms. The summed E-state index contributed by atoms with van der Waals surface area (Å²) in [5.41, 5.74) is 0. The fourth-order valence-corrected chi connectivity index (χ4v) is 3.38. The number of hydrogen-bond acceptors (Lipinski definition) is 1. The van der Waals surface area contributed by atoms with Gasteiger partial charge in [-0.3, -0.25) is 0 Å². The van der Waals surface area contributed by atoms with Gasteiger partial charge in [0.1, 0.15) is 0 Å². The molecule has 0 aliphatic carbocycles. The van der Waals surface area contributed by atoms with E-state index < -0.39 is 0 Å². The van der Waals surface area contributed by atoms with Crippen LogP contribution in [0.2, 0.25) is 0 Å². The normalized spacial score (nSPS) is 22.2. The lowest BCUT2D eigenvalue weighted by Gasteiger charge is -2.14. The van der Waals surface area contributed by atoms with Crippen LogP contribution in [0.3, 0.4) is 0 Å². The van der Waals surface area contributed by atoms with E-state index in [4.69, 9.17) is 0 Å². The van der Waals surface area contributed by atoms with Crippen molar-refractivity contribution in [2.75, 3.05) is 0 Å². The van der Waals surface area contributed by atoms with E-state index in [9.17, 15) is 0 Å². The second-order valence-corrected chi connectivity index (χ2v) is 6.62. The third-order valence-corrected chi connectivity index (χ3v) is 4.70. The number of allylic oxidation sites excluding steroid dienone is 1. The van der Waals surface area contributed by atoms with Gasteiger partial charge in [0.25, 0.3) is 0 Å². The number of nitrogens with one attached hydrogen (secondary N) is 1. The Kier molecular flexibility index (Phi) is 11.0. The first kappa shape index (κ1) is 17.8. The molecule has 0 aromatic rings. The maximum absolute atomic E-state index is 3.85. The Bertz CT molecular complexity index is 224. The first-order valence-electron chi connectivity index (χ1n) is 9.23. The fourth-order valence-electron chi connectivity index (χ4n) is 3.38. The number of hydrogen-bond donors (Lipinski definition) is 1. The van der Waals surface area contributed by atoms with E-state index in [0.29, 0.717) is 0 Å². The van der Waals surface area contributed by atoms with Gasteiger partial charge in [0.05, 0.1) is 0 Å². The van der Waals surface area contributed by atoms with Crippen molar-refractivity contribution in [2.24, 2.45) is 0 Å². The van der Waals surface area contributed by atoms with Crippen LogP contribution in [0.5, 0.6) is 0 Å². The summed E-state index contributed by atoms with van der Waals surface area (Å²) in [5.74, 6) is 0. The zero-order valence-electron chi connectivity index (χ0n) is 13.8. The van der Waals surface area contributed by atoms with E-state index in [0.717, 1.165) is 12.1 Å². The number of rotatable bonds is 13. The largest absolute Gasteiger partial charge is 0.311 e. The van der Waals surface area contributed by atoms with Gasteiger partial charge in [-0.05, 0) is 38.5 Å². The summed E-state index contributed by atoms with van der Waals surface area (Å²) in [6, 6.07) is 1.64. The summed E-state index contributed by atoms with van der Waals surface area (Å²) in [4.78, 5) is 0. The Morgan fingerprint density at radius 2 is 1.40 bits per heavy atom. The molecule has 0 aromatic heterocycles. The minimum absolute atomic E-state index is 0.814. The Morgan fingerprint density at radius 1 is 0.850 bits per heavy atom. The molecule has 1 fully saturated rings. The molecule has 1 rings (SSSR count). The second kappa shape index (κ2) is 12.4. The van der Waals surface area contributed by atoms with Gasteiger partial charge in [-0.25, -0.2) is 0 Å². The van der Waals surface area contributed by atoms with Gasteiger partial charge in [-0.2, -0.15) is 0 Å². The van der Waals surface area contributed by atoms with Gasteiger partial charge in [0.15, 0.2) is 0 Å². The molecule has 2 atom stereocenters. The van der Waals surface area contributed by atoms with Crippen LogP contribution < -0.4 is 5.32 Å². The predicted molar refractivity (Wildman–Crippen MR) is 91.2 cm³/mol. The monoisotopic (exact) mass is 279 g/mol. The van der Waals surface area contributed by atoms with Crippen LogP contribution in [-0.4, -0.2) is 12.1 Å². The fraction of sp³-hybridized carbons (Fsp3) is 0.895. The topological polar surface area (TPSA) is 12.0 Å². The lowest BCUT2D eigenvalue weighted by atomic mass is 10.0. The van der Waals surface area contributed by atoms with Crippen molar-refractivity contribution in [3.05, 3.63) is 12.7 Å². The third kappa shape index (κ3) is 8.79. The van der Waals surface area contributed by atoms with Gasteiger partial charge in [-0.1, -0.05) is 64.4 Å². The summed E-state index contributed by atoms with van der Waals surface area (Å²) in [6.45, 7) is 6.08. The zero-order chi connectivity index (χ0) is 14.5. The molecular weight excluding hydrogens is 242 g/mol. The second-order valence-electron chi connectivity index (χ2n) is 6.62. The van der Waals surface area contributed by atoms with Crippen LogP contribution in [0.4, 0.5) is 0 Å². The Balaban J connectivity index is 1.89. The van der Waals surface area contributed by atoms with E-state index >= 15 is 0 Å². The molecule has 1 saturated heterocycles. The molecule has 0 amide bonds. The Hall–Kier alpha value is -0.300. The van der Waals surface area contributed by atoms with Gasteiger partial charge in [-0.15, -0.1) is 6.58 Å². The van der Waals surface area contributed by atoms with Crippen molar-refractivity contribution in [3.63, 3.8) is 0 Å². The third-order valence-electron chi connectivity index (χ3n) is 4.70. The molecule has 1 nitrogen and oxygen atoms in total. The molecule has 0 radical (unpaired) electrons. The Morgan fingerprint density at radius 3 is 2.00 bits per heavy atom. The summed E-state index contributed by atoms with van der Waals surface area (Å²) in [6.07, 6.45) is 21.6. The SMILES string of the molecule is C=CCCCC[C@@H]1CC[C@@H](CCCCCCCCC)N1. The molecule has 0 spiro atoms. The van der Waals surface area contributed by atoms with Crippen LogP contribution in [0.15, 0.2) is 12.7 Å². The molecular formula is C19H37N. The highest BCUT2D eigenvalue weighted by molar-refractivity contribution is 4.83. The summed E-state index contributed by atoms with van der Waals surface area (Å²) >= 11 is 0. The van der Waals surface area contributed by atoms with E-state index in [-0.39, 0.29) is 0 Å². The van der Waals surface area contributed by atoms with Crippen LogP contribution in [-0.2, 0) is 0 Å². The zero-order valence-corrected chi connectivity index (χ0v) is 13.8. The first-order chi connectivity index (χ1) is 9.86. The van der Waals surface area contributed by atoms with Crippen molar-refractivity contribution in [1.29, 1.82) is 0 Å². The predicted octanol–water partition coefficient (Wildman–Crippen LogP) is 5.99. The minimum Gasteiger partial charge on any atom is -0.311 e. The molecule has 0 aromatic carbocycles. The summed E-state index contributed by atoms with van der Waals surface area (Å²) in [5, 5.41) is 3.85. The van der Waals surface area contributed by atoms with Crippen LogP contribution in [0.25, 0.3) is 0 Å². The van der Waals surface area contributed by atoms with Crippen molar-refractivity contribution in [3.8, 4) is 0 Å². The lowest BCUT2D eigenvalue weighted by Crippen LogP contribution is -2.29. The molecule has 0 bridgehead atoms. The van der Waals surface area contributed by atoms with Gasteiger partial charge in [0.2, 0.25) is 0 Å². The molecule has 1 heterocycles. The first-order valence-corrected chi connectivity index (χ1v) is 9.23. The van der Waals surface area contributed by atoms with Gasteiger partial charge >= 0.3 is 0 Å². The van der Waals surface area contributed by atoms with Crippen molar-refractivity contribution in [1.82, 2.24) is 5.32 Å². The van der Waals surface area contributed by atoms with E-state index in [1.165, 1.54) is 89.9 Å². The maximum Gasteiger partial charge on any atom is 0.00702 e. The molecule has 1 N–H and O–H groups in total. The molecule has 0 unspecified atom stereocenters. The quantitative estimate of drug-likeness (QED) is 0.322. The standard InChI is InChI=1S/C19H37N/c1-3-5-7-9-10-11-13-15-19-17-16-18(20-19)14-12-8-6-4-2/h4,18-20H,2-3,5-17H2,1H3/t18-,19-/m1/s1. The summed E-state index contributed by atoms with van der Waals surface area (Å²) in [7, 11) is 0. The van der Waals surface area contributed by atoms with E-state index in [2.05, 4.69) is 18.8 Å². The van der Waals surface area contributed by atoms with E-state index in [1.54, 1.807) is 0 Å². The molecule has 1 heteroatoms. The molecule has 1 aliphatic rings. The minimum atomic E-state index is 0.814. The summed E-state index contributed by atoms with van der Waals surface area (Å²) < 4.78 is 0. The van der Waals surface area contributed by atoms with Gasteiger partial charge < -0.3 is 5.32 Å². The highest BCUT2D eigenvalue weighted by Crippen LogP contribution is 2.21. The smallest absolute Gasteiger partial charge is 0.00702 e. The van der Waals surface area contributed by atoms with Crippen molar-refractivity contribution >= 4 is 0 Å². The lowest BCUT2D eigenvalue weighted by molar-refractivity contribution is 0.457.